The fraction of sp³-hybridized carbons (Fsp3) is 0.538. The van der Waals surface area contributed by atoms with E-state index in [1.807, 2.05) is 13.0 Å². The number of hydrogen-bond acceptors (Lipinski definition) is 2. The number of nitrogen functional groups attached to an aromatic ring is 1. The van der Waals surface area contributed by atoms with Gasteiger partial charge < -0.3 is 11.1 Å². The minimum absolute atomic E-state index is 0.514. The smallest absolute Gasteiger partial charge is 0.0364 e. The molecular formula is C13H20N2. The van der Waals surface area contributed by atoms with Crippen LogP contribution < -0.4 is 11.1 Å². The zero-order chi connectivity index (χ0) is 10.9. The van der Waals surface area contributed by atoms with Gasteiger partial charge in [0.2, 0.25) is 0 Å². The van der Waals surface area contributed by atoms with Crippen molar-refractivity contribution in [3.05, 3.63) is 23.8 Å². The van der Waals surface area contributed by atoms with Crippen molar-refractivity contribution in [2.45, 2.75) is 33.1 Å². The van der Waals surface area contributed by atoms with Gasteiger partial charge >= 0.3 is 0 Å². The van der Waals surface area contributed by atoms with Gasteiger partial charge in [-0.1, -0.05) is 19.4 Å². The van der Waals surface area contributed by atoms with E-state index in [2.05, 4.69) is 24.4 Å². The molecule has 1 aromatic carbocycles. The molecule has 2 nitrogen and oxygen atoms in total. The topological polar surface area (TPSA) is 38.0 Å². The third kappa shape index (κ3) is 2.25. The van der Waals surface area contributed by atoms with Crippen molar-refractivity contribution >= 4 is 11.4 Å². The molecule has 1 fully saturated rings. The summed E-state index contributed by atoms with van der Waals surface area (Å²) < 4.78 is 0. The Kier molecular flexibility index (Phi) is 2.59. The Hall–Kier alpha value is -1.18. The molecule has 0 heterocycles. The second kappa shape index (κ2) is 3.76. The van der Waals surface area contributed by atoms with Crippen LogP contribution in [-0.4, -0.2) is 6.54 Å². The Bertz CT molecular complexity index is 354. The van der Waals surface area contributed by atoms with E-state index < -0.39 is 0 Å². The third-order valence-electron chi connectivity index (χ3n) is 3.56. The second-order valence-corrected chi connectivity index (χ2v) is 5.09. The van der Waals surface area contributed by atoms with Crippen LogP contribution in [0, 0.1) is 12.3 Å². The van der Waals surface area contributed by atoms with Gasteiger partial charge in [-0.3, -0.25) is 0 Å². The van der Waals surface area contributed by atoms with Crippen LogP contribution in [0.3, 0.4) is 0 Å². The highest BCUT2D eigenvalue weighted by atomic mass is 14.9. The third-order valence-corrected chi connectivity index (χ3v) is 3.56. The number of benzene rings is 1. The molecule has 82 valence electrons. The van der Waals surface area contributed by atoms with E-state index >= 15 is 0 Å². The molecule has 0 aromatic heterocycles. The van der Waals surface area contributed by atoms with Gasteiger partial charge in [-0.15, -0.1) is 0 Å². The number of hydrogen-bond donors (Lipinski definition) is 2. The maximum Gasteiger partial charge on any atom is 0.0364 e. The first-order valence-electron chi connectivity index (χ1n) is 5.69. The van der Waals surface area contributed by atoms with E-state index in [0.717, 1.165) is 23.5 Å². The van der Waals surface area contributed by atoms with Crippen molar-refractivity contribution in [2.24, 2.45) is 5.41 Å². The van der Waals surface area contributed by atoms with Crippen molar-refractivity contribution in [2.75, 3.05) is 17.6 Å². The number of nitrogens with one attached hydrogen (secondary N) is 1. The summed E-state index contributed by atoms with van der Waals surface area (Å²) in [5.74, 6) is 0. The molecular weight excluding hydrogens is 184 g/mol. The SMILES string of the molecule is Cc1ccc(NCC2(C)CCC2)cc1N. The standard InChI is InChI=1S/C13H20N2/c1-10-4-5-11(8-12(10)14)15-9-13(2)6-3-7-13/h4-5,8,15H,3,6-7,9,14H2,1-2H3. The zero-order valence-corrected chi connectivity index (χ0v) is 9.64. The van der Waals surface area contributed by atoms with Crippen LogP contribution in [0.25, 0.3) is 0 Å². The summed E-state index contributed by atoms with van der Waals surface area (Å²) in [6, 6.07) is 6.20. The van der Waals surface area contributed by atoms with E-state index in [0.29, 0.717) is 5.41 Å². The maximum absolute atomic E-state index is 5.87. The summed E-state index contributed by atoms with van der Waals surface area (Å²) in [5, 5.41) is 3.48. The Morgan fingerprint density at radius 2 is 2.13 bits per heavy atom. The lowest BCUT2D eigenvalue weighted by molar-refractivity contribution is 0.180. The van der Waals surface area contributed by atoms with Gasteiger partial charge in [-0.2, -0.15) is 0 Å². The quantitative estimate of drug-likeness (QED) is 0.742. The summed E-state index contributed by atoms with van der Waals surface area (Å²) in [6.45, 7) is 5.45. The predicted octanol–water partition coefficient (Wildman–Crippen LogP) is 3.18. The summed E-state index contributed by atoms with van der Waals surface area (Å²) in [5.41, 5.74) is 9.55. The molecule has 0 spiro atoms. The number of nitrogens with two attached hydrogens (primary N) is 1. The number of aryl methyl sites for hydroxylation is 1. The van der Waals surface area contributed by atoms with Crippen molar-refractivity contribution in [3.8, 4) is 0 Å². The molecule has 15 heavy (non-hydrogen) atoms. The van der Waals surface area contributed by atoms with Gasteiger partial charge in [0.15, 0.2) is 0 Å². The molecule has 0 unspecified atom stereocenters. The molecule has 2 rings (SSSR count). The monoisotopic (exact) mass is 204 g/mol. The van der Waals surface area contributed by atoms with Crippen LogP contribution in [0.4, 0.5) is 11.4 Å². The Morgan fingerprint density at radius 1 is 1.40 bits per heavy atom. The summed E-state index contributed by atoms with van der Waals surface area (Å²) in [6.07, 6.45) is 4.08. The highest BCUT2D eigenvalue weighted by Crippen LogP contribution is 2.40. The zero-order valence-electron chi connectivity index (χ0n) is 9.64. The van der Waals surface area contributed by atoms with Gasteiger partial charge in [0.1, 0.15) is 0 Å². The highest BCUT2D eigenvalue weighted by molar-refractivity contribution is 5.58. The molecule has 1 aromatic rings. The molecule has 0 aliphatic heterocycles. The fourth-order valence-electron chi connectivity index (χ4n) is 2.02. The molecule has 0 radical (unpaired) electrons. The Balaban J connectivity index is 1.96. The van der Waals surface area contributed by atoms with Crippen LogP contribution in [0.5, 0.6) is 0 Å². The van der Waals surface area contributed by atoms with Crippen molar-refractivity contribution in [1.82, 2.24) is 0 Å². The fourth-order valence-corrected chi connectivity index (χ4v) is 2.02. The molecule has 2 heteroatoms. The first-order valence-corrected chi connectivity index (χ1v) is 5.69. The molecule has 0 amide bonds. The van der Waals surface area contributed by atoms with E-state index in [1.165, 1.54) is 19.3 Å². The molecule has 0 saturated heterocycles. The largest absolute Gasteiger partial charge is 0.398 e. The van der Waals surface area contributed by atoms with Crippen LogP contribution in [0.1, 0.15) is 31.7 Å². The predicted molar refractivity (Wildman–Crippen MR) is 66.0 cm³/mol. The minimum atomic E-state index is 0.514. The van der Waals surface area contributed by atoms with E-state index in [4.69, 9.17) is 5.73 Å². The Labute approximate surface area is 91.9 Å². The van der Waals surface area contributed by atoms with Crippen LogP contribution >= 0.6 is 0 Å². The first-order chi connectivity index (χ1) is 7.09. The normalized spacial score (nSPS) is 18.3. The van der Waals surface area contributed by atoms with E-state index in [-0.39, 0.29) is 0 Å². The molecule has 3 N–H and O–H groups in total. The van der Waals surface area contributed by atoms with Crippen LogP contribution in [0.2, 0.25) is 0 Å². The summed E-state index contributed by atoms with van der Waals surface area (Å²) in [7, 11) is 0. The summed E-state index contributed by atoms with van der Waals surface area (Å²) in [4.78, 5) is 0. The van der Waals surface area contributed by atoms with Crippen LogP contribution in [0.15, 0.2) is 18.2 Å². The molecule has 0 bridgehead atoms. The average Bonchev–Trinajstić information content (AvgIpc) is 2.17. The maximum atomic E-state index is 5.87. The van der Waals surface area contributed by atoms with Crippen LogP contribution in [-0.2, 0) is 0 Å². The molecule has 1 aliphatic rings. The van der Waals surface area contributed by atoms with E-state index in [9.17, 15) is 0 Å². The van der Waals surface area contributed by atoms with Crippen molar-refractivity contribution in [3.63, 3.8) is 0 Å². The minimum Gasteiger partial charge on any atom is -0.398 e. The lowest BCUT2D eigenvalue weighted by Gasteiger charge is -2.38. The van der Waals surface area contributed by atoms with Gasteiger partial charge in [-0.05, 0) is 42.9 Å². The van der Waals surface area contributed by atoms with Crippen molar-refractivity contribution < 1.29 is 0 Å². The van der Waals surface area contributed by atoms with Gasteiger partial charge in [0.25, 0.3) is 0 Å². The lowest BCUT2D eigenvalue weighted by Crippen LogP contribution is -2.33. The molecule has 1 saturated carbocycles. The lowest BCUT2D eigenvalue weighted by atomic mass is 9.70. The first kappa shape index (κ1) is 10.3. The molecule has 0 atom stereocenters. The average molecular weight is 204 g/mol. The van der Waals surface area contributed by atoms with Crippen molar-refractivity contribution in [1.29, 1.82) is 0 Å². The summed E-state index contributed by atoms with van der Waals surface area (Å²) >= 11 is 0. The van der Waals surface area contributed by atoms with Gasteiger partial charge in [0, 0.05) is 17.9 Å². The van der Waals surface area contributed by atoms with Gasteiger partial charge in [0.05, 0.1) is 0 Å². The van der Waals surface area contributed by atoms with E-state index in [1.54, 1.807) is 0 Å². The highest BCUT2D eigenvalue weighted by Gasteiger charge is 2.31. The molecule has 1 aliphatic carbocycles. The van der Waals surface area contributed by atoms with Gasteiger partial charge in [-0.25, -0.2) is 0 Å². The Morgan fingerprint density at radius 3 is 2.67 bits per heavy atom. The second-order valence-electron chi connectivity index (χ2n) is 5.09. The number of anilines is 2. The number of rotatable bonds is 3.